The minimum absolute atomic E-state index is 0.000848. The normalized spacial score (nSPS) is 15.0. The Morgan fingerprint density at radius 3 is 2.77 bits per heavy atom. The molecule has 0 saturated carbocycles. The van der Waals surface area contributed by atoms with Crippen LogP contribution in [0.3, 0.4) is 0 Å². The molecule has 3 rings (SSSR count). The van der Waals surface area contributed by atoms with Gasteiger partial charge in [-0.15, -0.1) is 0 Å². The number of amides is 1. The molecule has 1 saturated heterocycles. The molecule has 1 amide bonds. The molecule has 1 aliphatic rings. The number of nitrogens with one attached hydrogen (secondary N) is 1. The lowest BCUT2D eigenvalue weighted by Gasteiger charge is -2.33. The Morgan fingerprint density at radius 1 is 1.35 bits per heavy atom. The number of halogens is 1. The third-order valence-electron chi connectivity index (χ3n) is 4.83. The van der Waals surface area contributed by atoms with Crippen molar-refractivity contribution in [2.45, 2.75) is 26.2 Å². The standard InChI is InChI=1S/C20H24ClN3O2/c1-3-14-5-4-10-22-19(14)24-11-8-15(9-12-24)20(25)23-16-6-7-18(26-2)17(21)13-16/h4-7,10,13,15H,3,8-9,11-12H2,1-2H3,(H,23,25). The Balaban J connectivity index is 1.59. The summed E-state index contributed by atoms with van der Waals surface area (Å²) in [6.07, 6.45) is 4.42. The number of pyridine rings is 1. The summed E-state index contributed by atoms with van der Waals surface area (Å²) in [6, 6.07) is 9.37. The van der Waals surface area contributed by atoms with Crippen LogP contribution in [-0.4, -0.2) is 31.1 Å². The maximum Gasteiger partial charge on any atom is 0.227 e. The average molecular weight is 374 g/mol. The number of aromatic nitrogens is 1. The lowest BCUT2D eigenvalue weighted by Crippen LogP contribution is -2.39. The van der Waals surface area contributed by atoms with E-state index < -0.39 is 0 Å². The van der Waals surface area contributed by atoms with Crippen molar-refractivity contribution in [1.29, 1.82) is 0 Å². The molecule has 0 unspecified atom stereocenters. The Kier molecular flexibility index (Phi) is 5.99. The molecule has 2 heterocycles. The fourth-order valence-electron chi connectivity index (χ4n) is 3.33. The number of carbonyl (C=O) groups is 1. The van der Waals surface area contributed by atoms with Crippen LogP contribution in [0.15, 0.2) is 36.5 Å². The summed E-state index contributed by atoms with van der Waals surface area (Å²) in [6.45, 7) is 3.82. The van der Waals surface area contributed by atoms with Gasteiger partial charge in [0.25, 0.3) is 0 Å². The van der Waals surface area contributed by atoms with Crippen LogP contribution in [0.5, 0.6) is 5.75 Å². The van der Waals surface area contributed by atoms with E-state index in [-0.39, 0.29) is 11.8 Å². The molecule has 0 spiro atoms. The molecule has 1 aliphatic heterocycles. The molecule has 2 aromatic rings. The van der Waals surface area contributed by atoms with Crippen molar-refractivity contribution < 1.29 is 9.53 Å². The van der Waals surface area contributed by atoms with Gasteiger partial charge in [0.15, 0.2) is 0 Å². The number of methoxy groups -OCH3 is 1. The van der Waals surface area contributed by atoms with Gasteiger partial charge in [-0.05, 0) is 49.1 Å². The molecule has 1 N–H and O–H groups in total. The molecule has 138 valence electrons. The first-order valence-electron chi connectivity index (χ1n) is 8.95. The number of carbonyl (C=O) groups excluding carboxylic acids is 1. The number of hydrogen-bond acceptors (Lipinski definition) is 4. The van der Waals surface area contributed by atoms with Gasteiger partial charge in [0, 0.05) is 30.9 Å². The Morgan fingerprint density at radius 2 is 2.12 bits per heavy atom. The van der Waals surface area contributed by atoms with Crippen LogP contribution in [-0.2, 0) is 11.2 Å². The molecule has 5 nitrogen and oxygen atoms in total. The molecule has 0 bridgehead atoms. The minimum atomic E-state index is 0.000848. The summed E-state index contributed by atoms with van der Waals surface area (Å²) in [5, 5.41) is 3.46. The van der Waals surface area contributed by atoms with E-state index in [0.717, 1.165) is 38.2 Å². The van der Waals surface area contributed by atoms with Crippen LogP contribution in [0.4, 0.5) is 11.5 Å². The lowest BCUT2D eigenvalue weighted by molar-refractivity contribution is -0.120. The van der Waals surface area contributed by atoms with Gasteiger partial charge in [0.05, 0.1) is 12.1 Å². The van der Waals surface area contributed by atoms with Crippen LogP contribution in [0.2, 0.25) is 5.02 Å². The summed E-state index contributed by atoms with van der Waals surface area (Å²) in [7, 11) is 1.57. The van der Waals surface area contributed by atoms with Crippen LogP contribution in [0.1, 0.15) is 25.3 Å². The van der Waals surface area contributed by atoms with Crippen LogP contribution >= 0.6 is 11.6 Å². The highest BCUT2D eigenvalue weighted by Gasteiger charge is 2.26. The highest BCUT2D eigenvalue weighted by atomic mass is 35.5. The van der Waals surface area contributed by atoms with Crippen molar-refractivity contribution >= 4 is 29.0 Å². The van der Waals surface area contributed by atoms with Crippen molar-refractivity contribution in [2.75, 3.05) is 30.4 Å². The van der Waals surface area contributed by atoms with E-state index in [1.807, 2.05) is 12.3 Å². The zero-order chi connectivity index (χ0) is 18.5. The highest BCUT2D eigenvalue weighted by molar-refractivity contribution is 6.32. The number of nitrogens with zero attached hydrogens (tertiary/aromatic N) is 2. The summed E-state index contributed by atoms with van der Waals surface area (Å²) < 4.78 is 5.14. The van der Waals surface area contributed by atoms with Crippen molar-refractivity contribution in [1.82, 2.24) is 4.98 Å². The molecule has 0 aliphatic carbocycles. The number of anilines is 2. The molecule has 0 atom stereocenters. The van der Waals surface area contributed by atoms with Gasteiger partial charge in [-0.25, -0.2) is 4.98 Å². The fourth-order valence-corrected chi connectivity index (χ4v) is 3.59. The van der Waals surface area contributed by atoms with Gasteiger partial charge < -0.3 is 15.0 Å². The van der Waals surface area contributed by atoms with Crippen molar-refractivity contribution in [2.24, 2.45) is 5.92 Å². The fraction of sp³-hybridized carbons (Fsp3) is 0.400. The number of hydrogen-bond donors (Lipinski definition) is 1. The van der Waals surface area contributed by atoms with Gasteiger partial charge in [0.2, 0.25) is 5.91 Å². The number of piperidine rings is 1. The SMILES string of the molecule is CCc1cccnc1N1CCC(C(=O)Nc2ccc(OC)c(Cl)c2)CC1. The highest BCUT2D eigenvalue weighted by Crippen LogP contribution is 2.29. The molecular weight excluding hydrogens is 350 g/mol. The Labute approximate surface area is 159 Å². The van der Waals surface area contributed by atoms with Gasteiger partial charge in [-0.2, -0.15) is 0 Å². The number of rotatable bonds is 5. The van der Waals surface area contributed by atoms with Crippen molar-refractivity contribution in [3.05, 3.63) is 47.1 Å². The van der Waals surface area contributed by atoms with E-state index in [4.69, 9.17) is 16.3 Å². The van der Waals surface area contributed by atoms with Crippen LogP contribution in [0.25, 0.3) is 0 Å². The first kappa shape index (κ1) is 18.5. The molecule has 0 radical (unpaired) electrons. The first-order valence-corrected chi connectivity index (χ1v) is 9.33. The van der Waals surface area contributed by atoms with Crippen molar-refractivity contribution in [3.63, 3.8) is 0 Å². The van der Waals surface area contributed by atoms with E-state index in [9.17, 15) is 4.79 Å². The molecule has 1 fully saturated rings. The zero-order valence-corrected chi connectivity index (χ0v) is 15.9. The van der Waals surface area contributed by atoms with Gasteiger partial charge in [0.1, 0.15) is 11.6 Å². The smallest absolute Gasteiger partial charge is 0.227 e. The Hall–Kier alpha value is -2.27. The number of aryl methyl sites for hydroxylation is 1. The summed E-state index contributed by atoms with van der Waals surface area (Å²) >= 11 is 6.12. The van der Waals surface area contributed by atoms with E-state index in [1.54, 1.807) is 25.3 Å². The maximum atomic E-state index is 12.6. The van der Waals surface area contributed by atoms with E-state index in [2.05, 4.69) is 28.2 Å². The van der Waals surface area contributed by atoms with Gasteiger partial charge >= 0.3 is 0 Å². The predicted octanol–water partition coefficient (Wildman–Crippen LogP) is 4.16. The van der Waals surface area contributed by atoms with E-state index in [0.29, 0.717) is 16.5 Å². The molecule has 1 aromatic heterocycles. The second-order valence-electron chi connectivity index (χ2n) is 6.44. The lowest BCUT2D eigenvalue weighted by atomic mass is 9.95. The summed E-state index contributed by atoms with van der Waals surface area (Å²) in [5.74, 6) is 1.69. The van der Waals surface area contributed by atoms with Gasteiger partial charge in [-0.1, -0.05) is 24.6 Å². The Bertz CT molecular complexity index is 773. The third-order valence-corrected chi connectivity index (χ3v) is 5.13. The predicted molar refractivity (Wildman–Crippen MR) is 105 cm³/mol. The summed E-state index contributed by atoms with van der Waals surface area (Å²) in [4.78, 5) is 19.4. The monoisotopic (exact) mass is 373 g/mol. The molecule has 6 heteroatoms. The number of ether oxygens (including phenoxy) is 1. The zero-order valence-electron chi connectivity index (χ0n) is 15.2. The quantitative estimate of drug-likeness (QED) is 0.854. The molecular formula is C20H24ClN3O2. The molecule has 26 heavy (non-hydrogen) atoms. The van der Waals surface area contributed by atoms with Crippen molar-refractivity contribution in [3.8, 4) is 5.75 Å². The minimum Gasteiger partial charge on any atom is -0.495 e. The average Bonchev–Trinajstić information content (AvgIpc) is 2.68. The third kappa shape index (κ3) is 4.10. The largest absolute Gasteiger partial charge is 0.495 e. The maximum absolute atomic E-state index is 12.6. The topological polar surface area (TPSA) is 54.5 Å². The number of benzene rings is 1. The van der Waals surface area contributed by atoms with Crippen LogP contribution < -0.4 is 15.0 Å². The first-order chi connectivity index (χ1) is 12.6. The second-order valence-corrected chi connectivity index (χ2v) is 6.85. The van der Waals surface area contributed by atoms with Crippen LogP contribution in [0, 0.1) is 5.92 Å². The molecule has 1 aromatic carbocycles. The second kappa shape index (κ2) is 8.41. The summed E-state index contributed by atoms with van der Waals surface area (Å²) in [5.41, 5.74) is 1.95. The van der Waals surface area contributed by atoms with Gasteiger partial charge in [-0.3, -0.25) is 4.79 Å². The van der Waals surface area contributed by atoms with E-state index in [1.165, 1.54) is 5.56 Å². The van der Waals surface area contributed by atoms with E-state index >= 15 is 0 Å².